The van der Waals surface area contributed by atoms with E-state index in [9.17, 15) is 9.59 Å². The molecule has 1 atom stereocenters. The molecule has 7 heteroatoms. The molecule has 1 unspecified atom stereocenters. The van der Waals surface area contributed by atoms with Gasteiger partial charge in [0, 0.05) is 31.2 Å². The molecule has 7 nitrogen and oxygen atoms in total. The summed E-state index contributed by atoms with van der Waals surface area (Å²) >= 11 is 0. The fraction of sp³-hybridized carbons (Fsp3) is 0.381. The zero-order valence-electron chi connectivity index (χ0n) is 15.8. The maximum absolute atomic E-state index is 11.2. The Morgan fingerprint density at radius 1 is 1.21 bits per heavy atom. The summed E-state index contributed by atoms with van der Waals surface area (Å²) in [6.07, 6.45) is 1.22. The number of benzene rings is 1. The first-order chi connectivity index (χ1) is 13.6. The van der Waals surface area contributed by atoms with Crippen LogP contribution in [0.4, 0.5) is 10.6 Å². The lowest BCUT2D eigenvalue weighted by atomic mass is 9.89. The van der Waals surface area contributed by atoms with Crippen LogP contribution in [0.25, 0.3) is 11.3 Å². The predicted octanol–water partition coefficient (Wildman–Crippen LogP) is 2.47. The van der Waals surface area contributed by atoms with Gasteiger partial charge in [-0.2, -0.15) is 0 Å². The van der Waals surface area contributed by atoms with Crippen LogP contribution in [-0.4, -0.2) is 59.6 Å². The number of anilines is 1. The summed E-state index contributed by atoms with van der Waals surface area (Å²) in [4.78, 5) is 30.0. The molecule has 2 heterocycles. The van der Waals surface area contributed by atoms with E-state index in [1.807, 2.05) is 48.5 Å². The number of nitrogens with zero attached hydrogens (tertiary/aromatic N) is 3. The molecule has 1 aliphatic heterocycles. The third-order valence-electron chi connectivity index (χ3n) is 5.27. The van der Waals surface area contributed by atoms with Gasteiger partial charge in [-0.25, -0.2) is 9.78 Å². The van der Waals surface area contributed by atoms with Crippen molar-refractivity contribution in [3.8, 4) is 11.3 Å². The number of pyridine rings is 1. The summed E-state index contributed by atoms with van der Waals surface area (Å²) in [7, 11) is 0. The molecular weight excluding hydrogens is 356 g/mol. The van der Waals surface area contributed by atoms with Crippen LogP contribution in [0.3, 0.4) is 0 Å². The third kappa shape index (κ3) is 4.86. The number of carbonyl (C=O) groups excluding carboxylic acids is 1. The number of aldehydes is 1. The van der Waals surface area contributed by atoms with Gasteiger partial charge in [0.25, 0.3) is 0 Å². The van der Waals surface area contributed by atoms with E-state index in [0.717, 1.165) is 47.9 Å². The highest BCUT2D eigenvalue weighted by atomic mass is 16.4. The predicted molar refractivity (Wildman–Crippen MR) is 108 cm³/mol. The van der Waals surface area contributed by atoms with Gasteiger partial charge in [0.1, 0.15) is 12.1 Å². The highest BCUT2D eigenvalue weighted by Crippen LogP contribution is 2.26. The van der Waals surface area contributed by atoms with Gasteiger partial charge in [-0.05, 0) is 30.9 Å². The van der Waals surface area contributed by atoms with Gasteiger partial charge in [-0.15, -0.1) is 0 Å². The van der Waals surface area contributed by atoms with Crippen molar-refractivity contribution in [2.45, 2.75) is 18.9 Å². The molecule has 0 radical (unpaired) electrons. The van der Waals surface area contributed by atoms with E-state index in [0.29, 0.717) is 6.29 Å². The van der Waals surface area contributed by atoms with Crippen molar-refractivity contribution in [3.63, 3.8) is 0 Å². The van der Waals surface area contributed by atoms with Crippen LogP contribution < -0.4 is 10.6 Å². The Bertz CT molecular complexity index is 791. The molecular formula is C21H26N4O3. The summed E-state index contributed by atoms with van der Waals surface area (Å²) < 4.78 is 0. The van der Waals surface area contributed by atoms with Crippen LogP contribution in [0, 0.1) is 5.92 Å². The fourth-order valence-corrected chi connectivity index (χ4v) is 3.65. The number of rotatable bonds is 7. The maximum atomic E-state index is 11.2. The van der Waals surface area contributed by atoms with Crippen molar-refractivity contribution in [2.75, 3.05) is 31.1 Å². The van der Waals surface area contributed by atoms with Crippen molar-refractivity contribution in [3.05, 3.63) is 48.5 Å². The molecule has 1 saturated heterocycles. The second-order valence-corrected chi connectivity index (χ2v) is 7.09. The van der Waals surface area contributed by atoms with Crippen molar-refractivity contribution in [2.24, 2.45) is 11.7 Å². The molecule has 148 valence electrons. The lowest BCUT2D eigenvalue weighted by Crippen LogP contribution is -2.48. The lowest BCUT2D eigenvalue weighted by Gasteiger charge is -2.36. The number of hydrogen-bond donors (Lipinski definition) is 2. The molecule has 3 rings (SSSR count). The molecule has 0 aliphatic carbocycles. The van der Waals surface area contributed by atoms with Crippen LogP contribution in [0.1, 0.15) is 12.8 Å². The number of nitrogens with two attached hydrogens (primary N) is 1. The Morgan fingerprint density at radius 3 is 2.57 bits per heavy atom. The highest BCUT2D eigenvalue weighted by molar-refractivity contribution is 5.69. The number of amides is 1. The first kappa shape index (κ1) is 19.8. The van der Waals surface area contributed by atoms with Crippen molar-refractivity contribution in [1.82, 2.24) is 9.88 Å². The Balaban J connectivity index is 1.59. The van der Waals surface area contributed by atoms with E-state index >= 15 is 0 Å². The molecule has 3 N–H and O–H groups in total. The fourth-order valence-electron chi connectivity index (χ4n) is 3.65. The third-order valence-corrected chi connectivity index (χ3v) is 5.27. The molecule has 1 aromatic carbocycles. The van der Waals surface area contributed by atoms with Crippen LogP contribution in [0.15, 0.2) is 48.5 Å². The standard InChI is InChI=1S/C21H26N4O3/c22-18(15-25(13-14-26)21(27)28)16-9-11-24(12-10-16)20-8-4-7-19(23-20)17-5-2-1-3-6-17/h1-8,14,16,18H,9-13,15,22H2,(H,27,28). The van der Waals surface area contributed by atoms with Crippen LogP contribution in [0.5, 0.6) is 0 Å². The Hall–Kier alpha value is -2.93. The first-order valence-corrected chi connectivity index (χ1v) is 9.53. The summed E-state index contributed by atoms with van der Waals surface area (Å²) in [5.41, 5.74) is 8.28. The molecule has 28 heavy (non-hydrogen) atoms. The quantitative estimate of drug-likeness (QED) is 0.714. The van der Waals surface area contributed by atoms with Gasteiger partial charge in [-0.3, -0.25) is 4.90 Å². The van der Waals surface area contributed by atoms with Gasteiger partial charge in [-0.1, -0.05) is 36.4 Å². The second-order valence-electron chi connectivity index (χ2n) is 7.09. The summed E-state index contributed by atoms with van der Waals surface area (Å²) in [6, 6.07) is 15.9. The highest BCUT2D eigenvalue weighted by Gasteiger charge is 2.27. The van der Waals surface area contributed by atoms with E-state index in [-0.39, 0.29) is 25.0 Å². The Kier molecular flexibility index (Phi) is 6.60. The van der Waals surface area contributed by atoms with E-state index in [4.69, 9.17) is 15.8 Å². The van der Waals surface area contributed by atoms with Gasteiger partial charge in [0.05, 0.1) is 12.2 Å². The van der Waals surface area contributed by atoms with Gasteiger partial charge in [0.2, 0.25) is 0 Å². The molecule has 2 aromatic rings. The van der Waals surface area contributed by atoms with Gasteiger partial charge in [0.15, 0.2) is 0 Å². The normalized spacial score (nSPS) is 15.8. The SMILES string of the molecule is NC(CN(CC=O)C(=O)O)C1CCN(c2cccc(-c3ccccc3)n2)CC1. The van der Waals surface area contributed by atoms with Crippen LogP contribution in [0.2, 0.25) is 0 Å². The largest absolute Gasteiger partial charge is 0.465 e. The number of carboxylic acid groups (broad SMARTS) is 1. The first-order valence-electron chi connectivity index (χ1n) is 9.53. The summed E-state index contributed by atoms with van der Waals surface area (Å²) in [5, 5.41) is 9.16. The molecule has 1 aliphatic rings. The van der Waals surface area contributed by atoms with Crippen molar-refractivity contribution < 1.29 is 14.7 Å². The van der Waals surface area contributed by atoms with Crippen molar-refractivity contribution in [1.29, 1.82) is 0 Å². The topological polar surface area (TPSA) is 99.8 Å². The number of carbonyl (C=O) groups is 2. The molecule has 1 fully saturated rings. The smallest absolute Gasteiger partial charge is 0.407 e. The van der Waals surface area contributed by atoms with E-state index in [1.54, 1.807) is 0 Å². The minimum Gasteiger partial charge on any atom is -0.465 e. The van der Waals surface area contributed by atoms with E-state index in [1.165, 1.54) is 0 Å². The zero-order valence-corrected chi connectivity index (χ0v) is 15.8. The summed E-state index contributed by atoms with van der Waals surface area (Å²) in [5.74, 6) is 1.17. The minimum absolute atomic E-state index is 0.141. The van der Waals surface area contributed by atoms with Crippen LogP contribution in [-0.2, 0) is 4.79 Å². The molecule has 1 amide bonds. The Morgan fingerprint density at radius 2 is 1.93 bits per heavy atom. The lowest BCUT2D eigenvalue weighted by molar-refractivity contribution is -0.108. The monoisotopic (exact) mass is 382 g/mol. The van der Waals surface area contributed by atoms with Gasteiger partial charge < -0.3 is 20.5 Å². The van der Waals surface area contributed by atoms with E-state index < -0.39 is 6.09 Å². The zero-order chi connectivity index (χ0) is 19.9. The molecule has 0 saturated carbocycles. The van der Waals surface area contributed by atoms with Gasteiger partial charge >= 0.3 is 6.09 Å². The number of piperidine rings is 1. The van der Waals surface area contributed by atoms with Crippen LogP contribution >= 0.6 is 0 Å². The maximum Gasteiger partial charge on any atom is 0.407 e. The average molecular weight is 382 g/mol. The molecule has 0 spiro atoms. The van der Waals surface area contributed by atoms with E-state index in [2.05, 4.69) is 4.90 Å². The molecule has 0 bridgehead atoms. The average Bonchev–Trinajstić information content (AvgIpc) is 2.74. The number of hydrogen-bond acceptors (Lipinski definition) is 5. The summed E-state index contributed by atoms with van der Waals surface area (Å²) in [6.45, 7) is 1.69. The Labute approximate surface area is 164 Å². The minimum atomic E-state index is -1.11. The molecule has 1 aromatic heterocycles. The van der Waals surface area contributed by atoms with Crippen molar-refractivity contribution >= 4 is 18.2 Å². The second kappa shape index (κ2) is 9.32. The number of aromatic nitrogens is 1.